The molecule has 0 spiro atoms. The minimum absolute atomic E-state index is 0.0562. The number of halogens is 1. The standard InChI is InChI=1S/C18H25ClN6/c1-11-7-22-15(13(3)12(11)2)9-25-8-14(16(10-25)24(5)6)17(19)23-18(20)21-4/h7,10H,4,8-9H2,1-3,5-6H3,(H2,20,23)/b17-14+. The van der Waals surface area contributed by atoms with Crippen molar-refractivity contribution in [1.82, 2.24) is 14.8 Å². The molecule has 0 saturated heterocycles. The van der Waals surface area contributed by atoms with Gasteiger partial charge in [-0.05, 0) is 44.2 Å². The largest absolute Gasteiger partial charge is 0.376 e. The lowest BCUT2D eigenvalue weighted by Crippen LogP contribution is -2.17. The first kappa shape index (κ1) is 19.0. The van der Waals surface area contributed by atoms with Gasteiger partial charge in [0.1, 0.15) is 5.16 Å². The lowest BCUT2D eigenvalue weighted by molar-refractivity contribution is 0.410. The molecule has 0 amide bonds. The van der Waals surface area contributed by atoms with Crippen molar-refractivity contribution in [2.24, 2.45) is 15.7 Å². The van der Waals surface area contributed by atoms with E-state index in [0.717, 1.165) is 17.0 Å². The zero-order valence-electron chi connectivity index (χ0n) is 15.5. The van der Waals surface area contributed by atoms with Crippen LogP contribution in [0.3, 0.4) is 0 Å². The lowest BCUT2D eigenvalue weighted by atomic mass is 10.0. The van der Waals surface area contributed by atoms with Crippen LogP contribution in [0, 0.1) is 20.8 Å². The van der Waals surface area contributed by atoms with Gasteiger partial charge in [-0.15, -0.1) is 0 Å². The second kappa shape index (κ2) is 7.70. The first-order valence-corrected chi connectivity index (χ1v) is 8.37. The van der Waals surface area contributed by atoms with Crippen molar-refractivity contribution in [3.8, 4) is 0 Å². The predicted octanol–water partition coefficient (Wildman–Crippen LogP) is 2.69. The van der Waals surface area contributed by atoms with Crippen molar-refractivity contribution in [2.45, 2.75) is 27.3 Å². The normalized spacial score (nSPS) is 16.8. The van der Waals surface area contributed by atoms with Gasteiger partial charge in [0.05, 0.1) is 17.9 Å². The van der Waals surface area contributed by atoms with E-state index < -0.39 is 0 Å². The maximum absolute atomic E-state index is 6.36. The first-order chi connectivity index (χ1) is 11.7. The van der Waals surface area contributed by atoms with Crippen molar-refractivity contribution in [3.63, 3.8) is 0 Å². The highest BCUT2D eigenvalue weighted by Gasteiger charge is 2.24. The highest BCUT2D eigenvalue weighted by Crippen LogP contribution is 2.29. The fraction of sp³-hybridized carbons (Fsp3) is 0.389. The summed E-state index contributed by atoms with van der Waals surface area (Å²) in [4.78, 5) is 16.5. The highest BCUT2D eigenvalue weighted by atomic mass is 35.5. The molecule has 0 radical (unpaired) electrons. The molecule has 0 atom stereocenters. The van der Waals surface area contributed by atoms with Gasteiger partial charge in [0.2, 0.25) is 5.96 Å². The molecule has 1 aliphatic rings. The Hall–Kier alpha value is -2.34. The number of guanidine groups is 1. The molecule has 1 aliphatic heterocycles. The van der Waals surface area contributed by atoms with E-state index >= 15 is 0 Å². The molecule has 0 fully saturated rings. The van der Waals surface area contributed by atoms with Gasteiger partial charge < -0.3 is 15.5 Å². The topological polar surface area (TPSA) is 70.1 Å². The van der Waals surface area contributed by atoms with Crippen LogP contribution in [0.2, 0.25) is 0 Å². The van der Waals surface area contributed by atoms with Gasteiger partial charge in [0.25, 0.3) is 0 Å². The summed E-state index contributed by atoms with van der Waals surface area (Å²) in [5, 5.41) is 0.331. The second-order valence-corrected chi connectivity index (χ2v) is 6.71. The van der Waals surface area contributed by atoms with Gasteiger partial charge in [0, 0.05) is 38.6 Å². The van der Waals surface area contributed by atoms with Crippen LogP contribution in [0.15, 0.2) is 38.8 Å². The van der Waals surface area contributed by atoms with E-state index in [1.165, 1.54) is 16.7 Å². The summed E-state index contributed by atoms with van der Waals surface area (Å²) in [7, 11) is 3.94. The maximum Gasteiger partial charge on any atom is 0.220 e. The van der Waals surface area contributed by atoms with E-state index in [1.54, 1.807) is 0 Å². The van der Waals surface area contributed by atoms with Gasteiger partial charge in [-0.25, -0.2) is 9.98 Å². The van der Waals surface area contributed by atoms with Crippen molar-refractivity contribution >= 4 is 24.3 Å². The van der Waals surface area contributed by atoms with Crippen molar-refractivity contribution in [2.75, 3.05) is 20.6 Å². The average molecular weight is 361 g/mol. The number of aromatic nitrogens is 1. The molecule has 2 heterocycles. The first-order valence-electron chi connectivity index (χ1n) is 7.99. The molecule has 7 heteroatoms. The van der Waals surface area contributed by atoms with Crippen LogP contribution in [-0.2, 0) is 6.54 Å². The van der Waals surface area contributed by atoms with E-state index in [4.69, 9.17) is 17.3 Å². The van der Waals surface area contributed by atoms with Gasteiger partial charge in [-0.1, -0.05) is 11.6 Å². The summed E-state index contributed by atoms with van der Waals surface area (Å²) in [6.45, 7) is 11.0. The van der Waals surface area contributed by atoms with Crippen molar-refractivity contribution in [3.05, 3.63) is 51.2 Å². The zero-order chi connectivity index (χ0) is 18.7. The van der Waals surface area contributed by atoms with Crippen LogP contribution < -0.4 is 5.73 Å². The monoisotopic (exact) mass is 360 g/mol. The molecule has 0 aromatic carbocycles. The number of nitrogens with zero attached hydrogens (tertiary/aromatic N) is 5. The van der Waals surface area contributed by atoms with Crippen molar-refractivity contribution in [1.29, 1.82) is 0 Å². The molecule has 0 bridgehead atoms. The third-order valence-electron chi connectivity index (χ3n) is 4.43. The van der Waals surface area contributed by atoms with Gasteiger partial charge in [-0.2, -0.15) is 0 Å². The Labute approximate surface area is 154 Å². The number of aryl methyl sites for hydroxylation is 1. The fourth-order valence-electron chi connectivity index (χ4n) is 2.67. The molecule has 134 valence electrons. The summed E-state index contributed by atoms with van der Waals surface area (Å²) >= 11 is 6.36. The Balaban J connectivity index is 2.33. The molecule has 0 saturated carbocycles. The van der Waals surface area contributed by atoms with Crippen LogP contribution in [0.4, 0.5) is 0 Å². The Bertz CT molecular complexity index is 776. The number of aliphatic imine (C=N–C) groups is 2. The van der Waals surface area contributed by atoms with E-state index in [-0.39, 0.29) is 5.96 Å². The van der Waals surface area contributed by atoms with Gasteiger partial charge in [0.15, 0.2) is 0 Å². The molecular formula is C18H25ClN6. The molecule has 6 nitrogen and oxygen atoms in total. The molecule has 0 aliphatic carbocycles. The SMILES string of the molecule is C=N/C(N)=N\C(Cl)=C1/CN(Cc2ncc(C)c(C)c2C)C=C1N(C)C. The predicted molar refractivity (Wildman–Crippen MR) is 105 cm³/mol. The summed E-state index contributed by atoms with van der Waals surface area (Å²) < 4.78 is 0. The molecule has 25 heavy (non-hydrogen) atoms. The summed E-state index contributed by atoms with van der Waals surface area (Å²) in [6, 6.07) is 0. The van der Waals surface area contributed by atoms with Crippen LogP contribution in [0.5, 0.6) is 0 Å². The van der Waals surface area contributed by atoms with Crippen molar-refractivity contribution < 1.29 is 0 Å². The molecule has 2 N–H and O–H groups in total. The van der Waals surface area contributed by atoms with Crippen LogP contribution in [0.25, 0.3) is 0 Å². The number of nitrogens with two attached hydrogens (primary N) is 1. The molecule has 1 aromatic heterocycles. The third-order valence-corrected chi connectivity index (χ3v) is 4.75. The van der Waals surface area contributed by atoms with E-state index in [1.807, 2.05) is 25.2 Å². The highest BCUT2D eigenvalue weighted by molar-refractivity contribution is 6.30. The smallest absolute Gasteiger partial charge is 0.220 e. The van der Waals surface area contributed by atoms with E-state index in [0.29, 0.717) is 18.2 Å². The molecular weight excluding hydrogens is 336 g/mol. The Kier molecular flexibility index (Phi) is 5.85. The molecule has 0 unspecified atom stereocenters. The number of hydrogen-bond acceptors (Lipinski definition) is 4. The number of likely N-dealkylation sites (N-methyl/N-ethyl adjacent to an activating group) is 1. The number of pyridine rings is 1. The molecule has 2 rings (SSSR count). The quantitative estimate of drug-likeness (QED) is 0.509. The minimum Gasteiger partial charge on any atom is -0.376 e. The molecule has 1 aromatic rings. The van der Waals surface area contributed by atoms with E-state index in [9.17, 15) is 0 Å². The summed E-state index contributed by atoms with van der Waals surface area (Å²) in [5.41, 5.74) is 12.3. The number of rotatable bonds is 4. The average Bonchev–Trinajstić information content (AvgIpc) is 2.99. The maximum atomic E-state index is 6.36. The van der Waals surface area contributed by atoms with Crippen LogP contribution >= 0.6 is 11.6 Å². The van der Waals surface area contributed by atoms with Gasteiger partial charge >= 0.3 is 0 Å². The fourth-order valence-corrected chi connectivity index (χ4v) is 2.92. The van der Waals surface area contributed by atoms with Crippen LogP contribution in [0.1, 0.15) is 22.4 Å². The summed E-state index contributed by atoms with van der Waals surface area (Å²) in [5.74, 6) is 0.0562. The summed E-state index contributed by atoms with van der Waals surface area (Å²) in [6.07, 6.45) is 4.00. The Morgan fingerprint density at radius 2 is 2.04 bits per heavy atom. The van der Waals surface area contributed by atoms with E-state index in [2.05, 4.69) is 53.6 Å². The van der Waals surface area contributed by atoms with Gasteiger partial charge in [-0.3, -0.25) is 4.98 Å². The number of hydrogen-bond donors (Lipinski definition) is 1. The Morgan fingerprint density at radius 1 is 1.36 bits per heavy atom. The third kappa shape index (κ3) is 4.20. The lowest BCUT2D eigenvalue weighted by Gasteiger charge is -2.17. The Morgan fingerprint density at radius 3 is 2.64 bits per heavy atom. The zero-order valence-corrected chi connectivity index (χ0v) is 16.2. The second-order valence-electron chi connectivity index (χ2n) is 6.35. The minimum atomic E-state index is 0.0562. The van der Waals surface area contributed by atoms with Crippen LogP contribution in [-0.4, -0.2) is 48.1 Å².